The summed E-state index contributed by atoms with van der Waals surface area (Å²) in [4.78, 5) is 34.6. The average Bonchev–Trinajstić information content (AvgIpc) is 2.75. The number of amides is 1. The number of likely N-dealkylation sites (tertiary alicyclic amines) is 1. The topological polar surface area (TPSA) is 59.6 Å². The van der Waals surface area contributed by atoms with Gasteiger partial charge in [-0.25, -0.2) is 4.98 Å². The van der Waals surface area contributed by atoms with E-state index >= 15 is 0 Å². The Hall–Kier alpha value is -1.86. The zero-order valence-corrected chi connectivity index (χ0v) is 19.5. The van der Waals surface area contributed by atoms with E-state index in [0.29, 0.717) is 28.6 Å². The number of thioether (sulfide) groups is 1. The normalized spacial score (nSPS) is 18.2. The summed E-state index contributed by atoms with van der Waals surface area (Å²) in [6.45, 7) is 6.54. The Labute approximate surface area is 183 Å². The maximum atomic E-state index is 13.2. The van der Waals surface area contributed by atoms with Crippen molar-refractivity contribution in [3.05, 3.63) is 34.6 Å². The first kappa shape index (κ1) is 22.8. The Morgan fingerprint density at radius 2 is 2.07 bits per heavy atom. The van der Waals surface area contributed by atoms with Crippen molar-refractivity contribution in [1.29, 1.82) is 0 Å². The van der Waals surface area contributed by atoms with E-state index in [-0.39, 0.29) is 16.7 Å². The Morgan fingerprint density at radius 3 is 2.80 bits per heavy atom. The van der Waals surface area contributed by atoms with E-state index in [9.17, 15) is 9.59 Å². The van der Waals surface area contributed by atoms with E-state index in [1.54, 1.807) is 4.57 Å². The van der Waals surface area contributed by atoms with Gasteiger partial charge in [0.15, 0.2) is 5.16 Å². The molecule has 1 amide bonds. The van der Waals surface area contributed by atoms with Crippen molar-refractivity contribution in [2.24, 2.45) is 0 Å². The first-order valence-electron chi connectivity index (χ1n) is 11.2. The molecule has 0 saturated carbocycles. The smallest absolute Gasteiger partial charge is 0.262 e. The molecule has 1 aromatic carbocycles. The number of fused-ring (bicyclic) bond motifs is 1. The van der Waals surface area contributed by atoms with Crippen LogP contribution in [-0.4, -0.2) is 58.8 Å². The summed E-state index contributed by atoms with van der Waals surface area (Å²) in [6, 6.07) is 7.82. The monoisotopic (exact) mass is 431 g/mol. The lowest BCUT2D eigenvalue weighted by Gasteiger charge is -2.36. The quantitative estimate of drug-likeness (QED) is 0.514. The zero-order chi connectivity index (χ0) is 21.7. The second-order valence-corrected chi connectivity index (χ2v) is 9.84. The molecule has 164 valence electrons. The lowest BCUT2D eigenvalue weighted by atomic mass is 10.00. The summed E-state index contributed by atoms with van der Waals surface area (Å²) in [5, 5.41) is 1.02. The maximum Gasteiger partial charge on any atom is 0.262 e. The van der Waals surface area contributed by atoms with Gasteiger partial charge in [0.05, 0.1) is 36.8 Å². The molecule has 1 aromatic heterocycles. The van der Waals surface area contributed by atoms with E-state index in [4.69, 9.17) is 4.98 Å². The minimum Gasteiger partial charge on any atom is -0.340 e. The van der Waals surface area contributed by atoms with Gasteiger partial charge < -0.3 is 9.80 Å². The molecule has 0 spiro atoms. The second-order valence-electron chi connectivity index (χ2n) is 8.53. The van der Waals surface area contributed by atoms with Gasteiger partial charge in [-0.05, 0) is 44.7 Å². The molecule has 1 aliphatic rings. The Balaban J connectivity index is 1.87. The number of quaternary nitrogens is 1. The summed E-state index contributed by atoms with van der Waals surface area (Å²) in [5.41, 5.74) is 0.685. The van der Waals surface area contributed by atoms with Crippen LogP contribution in [-0.2, 0) is 11.3 Å². The number of hydrogen-bond acceptors (Lipinski definition) is 4. The highest BCUT2D eigenvalue weighted by Crippen LogP contribution is 2.27. The van der Waals surface area contributed by atoms with Crippen molar-refractivity contribution >= 4 is 28.6 Å². The third-order valence-corrected chi connectivity index (χ3v) is 6.97. The fourth-order valence-corrected chi connectivity index (χ4v) is 5.19. The summed E-state index contributed by atoms with van der Waals surface area (Å²) >= 11 is 1.43. The molecule has 1 N–H and O–H groups in total. The number of para-hydroxylation sites is 1. The number of rotatable bonds is 8. The van der Waals surface area contributed by atoms with Crippen molar-refractivity contribution in [1.82, 2.24) is 14.5 Å². The van der Waals surface area contributed by atoms with E-state index in [2.05, 4.69) is 25.9 Å². The van der Waals surface area contributed by atoms with Gasteiger partial charge in [0.25, 0.3) is 5.56 Å². The maximum absolute atomic E-state index is 13.2. The third-order valence-electron chi connectivity index (χ3n) is 5.90. The van der Waals surface area contributed by atoms with Crippen molar-refractivity contribution < 1.29 is 9.69 Å². The molecule has 6 nitrogen and oxygen atoms in total. The molecule has 0 aliphatic carbocycles. The summed E-state index contributed by atoms with van der Waals surface area (Å²) in [6.07, 6.45) is 5.25. The van der Waals surface area contributed by atoms with Gasteiger partial charge in [0.2, 0.25) is 5.91 Å². The van der Waals surface area contributed by atoms with Crippen LogP contribution in [0.5, 0.6) is 0 Å². The van der Waals surface area contributed by atoms with E-state index < -0.39 is 0 Å². The van der Waals surface area contributed by atoms with Gasteiger partial charge in [-0.15, -0.1) is 0 Å². The molecule has 1 saturated heterocycles. The van der Waals surface area contributed by atoms with Crippen LogP contribution in [0.25, 0.3) is 10.9 Å². The van der Waals surface area contributed by atoms with Gasteiger partial charge in [0.1, 0.15) is 0 Å². The minimum absolute atomic E-state index is 0.0130. The predicted molar refractivity (Wildman–Crippen MR) is 123 cm³/mol. The van der Waals surface area contributed by atoms with Gasteiger partial charge in [-0.2, -0.15) is 0 Å². The molecule has 3 rings (SSSR count). The predicted octanol–water partition coefficient (Wildman–Crippen LogP) is 2.20. The zero-order valence-electron chi connectivity index (χ0n) is 18.7. The lowest BCUT2D eigenvalue weighted by molar-refractivity contribution is -0.858. The summed E-state index contributed by atoms with van der Waals surface area (Å²) < 4.78 is 1.77. The molecule has 0 unspecified atom stereocenters. The number of aromatic nitrogens is 2. The number of carbonyl (C=O) groups excluding carboxylic acids is 1. The van der Waals surface area contributed by atoms with Crippen molar-refractivity contribution in [3.63, 3.8) is 0 Å². The highest BCUT2D eigenvalue weighted by Gasteiger charge is 2.30. The van der Waals surface area contributed by atoms with Crippen molar-refractivity contribution in [3.8, 4) is 0 Å². The van der Waals surface area contributed by atoms with Crippen LogP contribution in [0.15, 0.2) is 34.2 Å². The first-order valence-corrected chi connectivity index (χ1v) is 12.1. The number of benzene rings is 1. The second kappa shape index (κ2) is 10.4. The van der Waals surface area contributed by atoms with E-state index in [0.717, 1.165) is 38.8 Å². The van der Waals surface area contributed by atoms with Gasteiger partial charge in [0, 0.05) is 25.6 Å². The summed E-state index contributed by atoms with van der Waals surface area (Å²) in [5.74, 6) is 0.165. The molecule has 0 radical (unpaired) electrons. The SMILES string of the molecule is CC[C@@H]1CCCCN1C(=O)[C@H](C)Sc1nc2ccccc2c(=O)n1CCC[NH+](C)C. The number of hydrogen-bond donors (Lipinski definition) is 1. The number of carbonyl (C=O) groups is 1. The fraction of sp³-hybridized carbons (Fsp3) is 0.609. The van der Waals surface area contributed by atoms with Crippen LogP contribution in [0, 0.1) is 0 Å². The third kappa shape index (κ3) is 5.24. The van der Waals surface area contributed by atoms with Gasteiger partial charge in [-0.1, -0.05) is 30.8 Å². The van der Waals surface area contributed by atoms with Gasteiger partial charge >= 0.3 is 0 Å². The fourth-order valence-electron chi connectivity index (χ4n) is 4.18. The van der Waals surface area contributed by atoms with Crippen LogP contribution in [0.1, 0.15) is 46.0 Å². The lowest BCUT2D eigenvalue weighted by Crippen LogP contribution is -3.05. The molecular weight excluding hydrogens is 396 g/mol. The molecular formula is C23H35N4O2S+. The minimum atomic E-state index is -0.268. The van der Waals surface area contributed by atoms with Crippen LogP contribution < -0.4 is 10.5 Å². The highest BCUT2D eigenvalue weighted by atomic mass is 32.2. The van der Waals surface area contributed by atoms with Crippen molar-refractivity contribution in [2.75, 3.05) is 27.2 Å². The first-order chi connectivity index (χ1) is 14.4. The Kier molecular flexibility index (Phi) is 7.94. The molecule has 0 bridgehead atoms. The number of nitrogens with one attached hydrogen (secondary N) is 1. The van der Waals surface area contributed by atoms with Crippen molar-refractivity contribution in [2.45, 2.75) is 68.9 Å². The van der Waals surface area contributed by atoms with E-state index in [1.807, 2.05) is 31.2 Å². The molecule has 2 aromatic rings. The standard InChI is InChI=1S/C23H34N4O2S/c1-5-18-11-8-9-15-26(18)21(28)17(2)30-23-24-20-13-7-6-12-19(20)22(29)27(23)16-10-14-25(3)4/h6-7,12-13,17-18H,5,8-11,14-16H2,1-4H3/p+1/t17-,18+/m0/s1. The van der Waals surface area contributed by atoms with Crippen LogP contribution >= 0.6 is 11.8 Å². The molecule has 1 aliphatic heterocycles. The number of nitrogens with zero attached hydrogens (tertiary/aromatic N) is 3. The number of piperidine rings is 1. The van der Waals surface area contributed by atoms with Crippen LogP contribution in [0.2, 0.25) is 0 Å². The Morgan fingerprint density at radius 1 is 1.30 bits per heavy atom. The van der Waals surface area contributed by atoms with Gasteiger partial charge in [-0.3, -0.25) is 14.2 Å². The molecule has 1 fully saturated rings. The molecule has 30 heavy (non-hydrogen) atoms. The van der Waals surface area contributed by atoms with Crippen LogP contribution in [0.4, 0.5) is 0 Å². The van der Waals surface area contributed by atoms with Crippen LogP contribution in [0.3, 0.4) is 0 Å². The Bertz CT molecular complexity index is 927. The molecule has 2 atom stereocenters. The average molecular weight is 432 g/mol. The summed E-state index contributed by atoms with van der Waals surface area (Å²) in [7, 11) is 4.22. The molecule has 7 heteroatoms. The largest absolute Gasteiger partial charge is 0.340 e. The van der Waals surface area contributed by atoms with E-state index in [1.165, 1.54) is 23.1 Å². The highest BCUT2D eigenvalue weighted by molar-refractivity contribution is 8.00. The molecule has 2 heterocycles.